The average molecular weight is 465 g/mol. The Morgan fingerprint density at radius 2 is 1.87 bits per heavy atom. The molecule has 1 aromatic rings. The molecule has 0 radical (unpaired) electrons. The van der Waals surface area contributed by atoms with Crippen molar-refractivity contribution in [2.45, 2.75) is 44.2 Å². The van der Waals surface area contributed by atoms with Gasteiger partial charge in [-0.3, -0.25) is 9.59 Å². The Kier molecular flexibility index (Phi) is 8.47. The minimum absolute atomic E-state index is 0.0288. The van der Waals surface area contributed by atoms with Gasteiger partial charge in [0.25, 0.3) is 5.91 Å². The summed E-state index contributed by atoms with van der Waals surface area (Å²) in [6.45, 7) is 4.06. The van der Waals surface area contributed by atoms with E-state index in [-0.39, 0.29) is 25.9 Å². The molecule has 11 heteroatoms. The van der Waals surface area contributed by atoms with Crippen LogP contribution in [0.4, 0.5) is 13.2 Å². The molecule has 0 aliphatic carbocycles. The van der Waals surface area contributed by atoms with Gasteiger partial charge in [-0.15, -0.1) is 0 Å². The first-order valence-electron chi connectivity index (χ1n) is 10.0. The van der Waals surface area contributed by atoms with Gasteiger partial charge in [-0.25, -0.2) is 8.42 Å². The Balaban J connectivity index is 1.87. The third kappa shape index (κ3) is 7.20. The summed E-state index contributed by atoms with van der Waals surface area (Å²) in [5, 5.41) is 2.65. The number of alkyl halides is 3. The zero-order valence-corrected chi connectivity index (χ0v) is 18.3. The molecule has 174 valence electrons. The molecule has 1 N–H and O–H groups in total. The van der Waals surface area contributed by atoms with Crippen LogP contribution in [0.3, 0.4) is 0 Å². The van der Waals surface area contributed by atoms with Crippen molar-refractivity contribution in [3.05, 3.63) is 29.8 Å². The van der Waals surface area contributed by atoms with Gasteiger partial charge in [0.2, 0.25) is 10.0 Å². The number of amides is 1. The number of nitrogens with one attached hydrogen (secondary N) is 1. The fraction of sp³-hybridized carbons (Fsp3) is 0.600. The van der Waals surface area contributed by atoms with Gasteiger partial charge < -0.3 is 10.1 Å². The SMILES string of the molecule is CC(C)CCNC(=O)COC(=O)C1CCN(S(=O)(=O)c2cccc(C(F)(F)F)c2)CC1. The Labute approximate surface area is 180 Å². The molecule has 1 aliphatic heterocycles. The topological polar surface area (TPSA) is 92.8 Å². The molecule has 1 aliphatic rings. The molecule has 1 saturated heterocycles. The predicted octanol–water partition coefficient (Wildman–Crippen LogP) is 2.81. The molecule has 1 amide bonds. The van der Waals surface area contributed by atoms with E-state index in [4.69, 9.17) is 4.74 Å². The lowest BCUT2D eigenvalue weighted by molar-refractivity contribution is -0.153. The van der Waals surface area contributed by atoms with Crippen LogP contribution in [0, 0.1) is 11.8 Å². The summed E-state index contributed by atoms with van der Waals surface area (Å²) in [6, 6.07) is 3.57. The molecule has 0 bridgehead atoms. The number of piperidine rings is 1. The molecule has 0 spiro atoms. The number of esters is 1. The highest BCUT2D eigenvalue weighted by atomic mass is 32.2. The zero-order chi connectivity index (χ0) is 23.2. The Morgan fingerprint density at radius 3 is 2.45 bits per heavy atom. The van der Waals surface area contributed by atoms with Crippen LogP contribution in [-0.2, 0) is 30.5 Å². The minimum Gasteiger partial charge on any atom is -0.455 e. The zero-order valence-electron chi connectivity index (χ0n) is 17.4. The van der Waals surface area contributed by atoms with E-state index in [1.165, 1.54) is 0 Å². The number of carbonyl (C=O) groups excluding carboxylic acids is 2. The maximum atomic E-state index is 12.9. The number of carbonyl (C=O) groups is 2. The van der Waals surface area contributed by atoms with Crippen LogP contribution in [-0.4, -0.2) is 50.8 Å². The number of nitrogens with zero attached hydrogens (tertiary/aromatic N) is 1. The Bertz CT molecular complexity index is 879. The average Bonchev–Trinajstić information content (AvgIpc) is 2.71. The second-order valence-electron chi connectivity index (χ2n) is 7.84. The van der Waals surface area contributed by atoms with Crippen LogP contribution in [0.25, 0.3) is 0 Å². The van der Waals surface area contributed by atoms with E-state index < -0.39 is 51.1 Å². The van der Waals surface area contributed by atoms with Crippen molar-refractivity contribution in [2.75, 3.05) is 26.2 Å². The quantitative estimate of drug-likeness (QED) is 0.598. The number of sulfonamides is 1. The molecule has 7 nitrogen and oxygen atoms in total. The number of hydrogen-bond acceptors (Lipinski definition) is 5. The molecule has 2 rings (SSSR count). The fourth-order valence-corrected chi connectivity index (χ4v) is 4.64. The van der Waals surface area contributed by atoms with E-state index in [1.54, 1.807) is 0 Å². The molecular weight excluding hydrogens is 437 g/mol. The molecule has 1 fully saturated rings. The van der Waals surface area contributed by atoms with Crippen LogP contribution in [0.1, 0.15) is 38.7 Å². The summed E-state index contributed by atoms with van der Waals surface area (Å²) in [5.41, 5.74) is -1.04. The third-order valence-electron chi connectivity index (χ3n) is 4.98. The monoisotopic (exact) mass is 464 g/mol. The normalized spacial score (nSPS) is 16.3. The van der Waals surface area contributed by atoms with Crippen molar-refractivity contribution in [3.8, 4) is 0 Å². The van der Waals surface area contributed by atoms with Gasteiger partial charge >= 0.3 is 12.1 Å². The molecule has 1 aromatic carbocycles. The van der Waals surface area contributed by atoms with Crippen LogP contribution in [0.5, 0.6) is 0 Å². The summed E-state index contributed by atoms with van der Waals surface area (Å²) in [6.07, 6.45) is -3.53. The predicted molar refractivity (Wildman–Crippen MR) is 106 cm³/mol. The van der Waals surface area contributed by atoms with Crippen molar-refractivity contribution in [1.29, 1.82) is 0 Å². The van der Waals surface area contributed by atoms with Gasteiger partial charge in [0.05, 0.1) is 16.4 Å². The van der Waals surface area contributed by atoms with Crippen molar-refractivity contribution in [3.63, 3.8) is 0 Å². The summed E-state index contributed by atoms with van der Waals surface area (Å²) in [5.74, 6) is -1.13. The summed E-state index contributed by atoms with van der Waals surface area (Å²) < 4.78 is 70.1. The molecular formula is C20H27F3N2O5S. The first kappa shape index (κ1) is 25.1. The van der Waals surface area contributed by atoms with Gasteiger partial charge in [0, 0.05) is 19.6 Å². The van der Waals surface area contributed by atoms with Crippen molar-refractivity contribution in [2.24, 2.45) is 11.8 Å². The van der Waals surface area contributed by atoms with Crippen molar-refractivity contribution < 1.29 is 35.9 Å². The molecule has 0 unspecified atom stereocenters. The van der Waals surface area contributed by atoms with E-state index in [1.807, 2.05) is 13.8 Å². The van der Waals surface area contributed by atoms with Gasteiger partial charge in [-0.05, 0) is 43.4 Å². The number of hydrogen-bond donors (Lipinski definition) is 1. The highest BCUT2D eigenvalue weighted by Crippen LogP contribution is 2.32. The molecule has 1 heterocycles. The number of rotatable bonds is 8. The summed E-state index contributed by atoms with van der Waals surface area (Å²) in [7, 11) is -4.12. The Morgan fingerprint density at radius 1 is 1.23 bits per heavy atom. The minimum atomic E-state index is -4.65. The number of halogens is 3. The number of benzene rings is 1. The van der Waals surface area contributed by atoms with Crippen molar-refractivity contribution in [1.82, 2.24) is 9.62 Å². The standard InChI is InChI=1S/C20H27F3N2O5S/c1-14(2)6-9-24-18(26)13-30-19(27)15-7-10-25(11-8-15)31(28,29)17-5-3-4-16(12-17)20(21,22)23/h3-5,12,14-15H,6-11,13H2,1-2H3,(H,24,26). The van der Waals surface area contributed by atoms with Crippen molar-refractivity contribution >= 4 is 21.9 Å². The van der Waals surface area contributed by atoms with Gasteiger partial charge in [0.1, 0.15) is 0 Å². The Hall–Kier alpha value is -2.14. The first-order chi connectivity index (χ1) is 14.4. The van der Waals surface area contributed by atoms with E-state index in [2.05, 4.69) is 5.32 Å². The van der Waals surface area contributed by atoms with Gasteiger partial charge in [0.15, 0.2) is 6.61 Å². The summed E-state index contributed by atoms with van der Waals surface area (Å²) >= 11 is 0. The van der Waals surface area contributed by atoms with Crippen LogP contribution in [0.2, 0.25) is 0 Å². The fourth-order valence-electron chi connectivity index (χ4n) is 3.12. The summed E-state index contributed by atoms with van der Waals surface area (Å²) in [4.78, 5) is 23.4. The molecule has 0 atom stereocenters. The lowest BCUT2D eigenvalue weighted by Gasteiger charge is -2.30. The third-order valence-corrected chi connectivity index (χ3v) is 6.87. The molecule has 0 saturated carbocycles. The first-order valence-corrected chi connectivity index (χ1v) is 11.5. The van der Waals surface area contributed by atoms with E-state index in [0.717, 1.165) is 28.9 Å². The van der Waals surface area contributed by atoms with E-state index in [9.17, 15) is 31.2 Å². The van der Waals surface area contributed by atoms with Gasteiger partial charge in [-0.2, -0.15) is 17.5 Å². The molecule has 0 aromatic heterocycles. The maximum absolute atomic E-state index is 12.9. The van der Waals surface area contributed by atoms with Crippen LogP contribution >= 0.6 is 0 Å². The van der Waals surface area contributed by atoms with Gasteiger partial charge in [-0.1, -0.05) is 19.9 Å². The van der Waals surface area contributed by atoms with E-state index >= 15 is 0 Å². The highest BCUT2D eigenvalue weighted by molar-refractivity contribution is 7.89. The highest BCUT2D eigenvalue weighted by Gasteiger charge is 2.35. The number of ether oxygens (including phenoxy) is 1. The largest absolute Gasteiger partial charge is 0.455 e. The molecule has 31 heavy (non-hydrogen) atoms. The van der Waals surface area contributed by atoms with E-state index in [0.29, 0.717) is 18.5 Å². The smallest absolute Gasteiger partial charge is 0.416 e. The lowest BCUT2D eigenvalue weighted by Crippen LogP contribution is -2.41. The maximum Gasteiger partial charge on any atom is 0.416 e. The second-order valence-corrected chi connectivity index (χ2v) is 9.78. The lowest BCUT2D eigenvalue weighted by atomic mass is 9.98. The second kappa shape index (κ2) is 10.4. The van der Waals surface area contributed by atoms with Crippen LogP contribution in [0.15, 0.2) is 29.2 Å². The van der Waals surface area contributed by atoms with Crippen LogP contribution < -0.4 is 5.32 Å².